The molecule has 6 heteroatoms. The number of phosphoric ester groups is 1. The molecule has 1 heterocycles. The fraction of sp³-hybridized carbons (Fsp3) is 0.250. The highest BCUT2D eigenvalue weighted by molar-refractivity contribution is 7.99. The van der Waals surface area contributed by atoms with Crippen LogP contribution >= 0.6 is 19.6 Å². The molecule has 22 heavy (non-hydrogen) atoms. The van der Waals surface area contributed by atoms with Gasteiger partial charge in [0, 0.05) is 5.75 Å². The van der Waals surface area contributed by atoms with E-state index >= 15 is 0 Å². The molecule has 4 nitrogen and oxygen atoms in total. The van der Waals surface area contributed by atoms with Crippen molar-refractivity contribution in [1.82, 2.24) is 0 Å². The third kappa shape index (κ3) is 4.29. The van der Waals surface area contributed by atoms with Crippen LogP contribution in [0, 0.1) is 0 Å². The Kier molecular flexibility index (Phi) is 5.08. The Morgan fingerprint density at radius 2 is 1.45 bits per heavy atom. The molecule has 0 amide bonds. The Bertz CT molecular complexity index is 584. The molecule has 1 fully saturated rings. The molecule has 1 atom stereocenters. The first-order valence-electron chi connectivity index (χ1n) is 7.09. The predicted molar refractivity (Wildman–Crippen MR) is 88.6 cm³/mol. The lowest BCUT2D eigenvalue weighted by molar-refractivity contribution is 0.159. The number of phosphoric acid groups is 1. The van der Waals surface area contributed by atoms with Gasteiger partial charge in [0.1, 0.15) is 11.5 Å². The van der Waals surface area contributed by atoms with E-state index in [2.05, 4.69) is 0 Å². The Hall–Kier alpha value is -1.42. The molecule has 1 aliphatic rings. The van der Waals surface area contributed by atoms with Crippen LogP contribution in [0.5, 0.6) is 11.5 Å². The smallest absolute Gasteiger partial charge is 0.395 e. The molecule has 0 radical (unpaired) electrons. The molecule has 0 saturated carbocycles. The molecule has 1 unspecified atom stereocenters. The highest BCUT2D eigenvalue weighted by Gasteiger charge is 2.35. The molecule has 2 aromatic rings. The average Bonchev–Trinajstić information content (AvgIpc) is 3.01. The van der Waals surface area contributed by atoms with Gasteiger partial charge in [-0.15, -0.1) is 0 Å². The number of hydrogen-bond acceptors (Lipinski definition) is 5. The summed E-state index contributed by atoms with van der Waals surface area (Å²) in [5.74, 6) is 2.74. The van der Waals surface area contributed by atoms with Gasteiger partial charge in [0.25, 0.3) is 0 Å². The maximum atomic E-state index is 13.0. The van der Waals surface area contributed by atoms with Crippen LogP contribution in [0.2, 0.25) is 0 Å². The molecule has 0 bridgehead atoms. The van der Waals surface area contributed by atoms with Crippen molar-refractivity contribution < 1.29 is 18.1 Å². The van der Waals surface area contributed by atoms with Gasteiger partial charge in [-0.2, -0.15) is 11.8 Å². The molecule has 3 rings (SSSR count). The minimum absolute atomic E-state index is 0.108. The van der Waals surface area contributed by atoms with E-state index in [1.165, 1.54) is 0 Å². The van der Waals surface area contributed by atoms with Crippen LogP contribution in [0.25, 0.3) is 0 Å². The first-order chi connectivity index (χ1) is 10.7. The van der Waals surface area contributed by atoms with Crippen LogP contribution in [-0.4, -0.2) is 17.6 Å². The summed E-state index contributed by atoms with van der Waals surface area (Å²) < 4.78 is 29.9. The summed E-state index contributed by atoms with van der Waals surface area (Å²) in [4.78, 5) is 0. The van der Waals surface area contributed by atoms with Gasteiger partial charge in [0.2, 0.25) is 0 Å². The summed E-state index contributed by atoms with van der Waals surface area (Å²) >= 11 is 1.78. The lowest BCUT2D eigenvalue weighted by atomic mass is 10.3. The number of thioether (sulfide) groups is 1. The van der Waals surface area contributed by atoms with Crippen molar-refractivity contribution in [2.45, 2.75) is 12.5 Å². The zero-order valence-corrected chi connectivity index (χ0v) is 13.7. The fourth-order valence-electron chi connectivity index (χ4n) is 2.06. The normalized spacial score (nSPS) is 18.1. The standard InChI is InChI=1S/C16H17O4PS/c17-21(20-16-11-12-22-13-16,18-14-7-3-1-4-8-14)19-15-9-5-2-6-10-15/h1-10,16H,11-13H2. The molecule has 0 spiro atoms. The van der Waals surface area contributed by atoms with E-state index in [1.54, 1.807) is 36.0 Å². The van der Waals surface area contributed by atoms with Crippen LogP contribution in [0.15, 0.2) is 60.7 Å². The molecule has 1 aliphatic heterocycles. The summed E-state index contributed by atoms with van der Waals surface area (Å²) in [6.45, 7) is 0. The van der Waals surface area contributed by atoms with Crippen molar-refractivity contribution in [3.05, 3.63) is 60.7 Å². The van der Waals surface area contributed by atoms with Crippen molar-refractivity contribution in [2.75, 3.05) is 11.5 Å². The van der Waals surface area contributed by atoms with Crippen LogP contribution in [0.4, 0.5) is 0 Å². The Labute approximate surface area is 134 Å². The summed E-state index contributed by atoms with van der Waals surface area (Å²) in [5, 5.41) is 0. The lowest BCUT2D eigenvalue weighted by Gasteiger charge is -2.21. The molecule has 0 N–H and O–H groups in total. The van der Waals surface area contributed by atoms with Crippen LogP contribution in [-0.2, 0) is 9.09 Å². The lowest BCUT2D eigenvalue weighted by Crippen LogP contribution is -2.15. The summed E-state index contributed by atoms with van der Waals surface area (Å²) in [6, 6.07) is 17.9. The van der Waals surface area contributed by atoms with Gasteiger partial charge in [-0.3, -0.25) is 4.52 Å². The molecule has 0 aromatic heterocycles. The van der Waals surface area contributed by atoms with Crippen LogP contribution in [0.3, 0.4) is 0 Å². The average molecular weight is 336 g/mol. The molecular weight excluding hydrogens is 319 g/mol. The quantitative estimate of drug-likeness (QED) is 0.711. The van der Waals surface area contributed by atoms with Gasteiger partial charge in [-0.25, -0.2) is 4.57 Å². The highest BCUT2D eigenvalue weighted by Crippen LogP contribution is 2.51. The number of para-hydroxylation sites is 2. The Balaban J connectivity index is 1.79. The SMILES string of the molecule is O=P(Oc1ccccc1)(Oc1ccccc1)OC1CCSC1. The zero-order chi connectivity index (χ0) is 15.3. The first-order valence-corrected chi connectivity index (χ1v) is 9.70. The van der Waals surface area contributed by atoms with Crippen molar-refractivity contribution in [3.63, 3.8) is 0 Å². The summed E-state index contributed by atoms with van der Waals surface area (Å²) in [7, 11) is -3.73. The van der Waals surface area contributed by atoms with Gasteiger partial charge in [-0.05, 0) is 36.4 Å². The second kappa shape index (κ2) is 7.23. The third-order valence-corrected chi connectivity index (χ3v) is 5.64. The number of benzene rings is 2. The van der Waals surface area contributed by atoms with Crippen molar-refractivity contribution in [2.24, 2.45) is 0 Å². The van der Waals surface area contributed by atoms with Crippen molar-refractivity contribution in [1.29, 1.82) is 0 Å². The molecule has 2 aromatic carbocycles. The zero-order valence-electron chi connectivity index (χ0n) is 12.0. The van der Waals surface area contributed by atoms with Gasteiger partial charge < -0.3 is 9.05 Å². The molecular formula is C16H17O4PS. The minimum Gasteiger partial charge on any atom is -0.395 e. The molecule has 0 aliphatic carbocycles. The van der Waals surface area contributed by atoms with Gasteiger partial charge in [0.05, 0.1) is 6.10 Å². The van der Waals surface area contributed by atoms with Gasteiger partial charge in [-0.1, -0.05) is 36.4 Å². The predicted octanol–water partition coefficient (Wildman–Crippen LogP) is 4.77. The Morgan fingerprint density at radius 1 is 0.909 bits per heavy atom. The first kappa shape index (κ1) is 15.5. The number of rotatable bonds is 6. The van der Waals surface area contributed by atoms with Crippen molar-refractivity contribution in [3.8, 4) is 11.5 Å². The van der Waals surface area contributed by atoms with Gasteiger partial charge in [0.15, 0.2) is 0 Å². The minimum atomic E-state index is -3.73. The van der Waals surface area contributed by atoms with E-state index in [9.17, 15) is 4.57 Å². The number of hydrogen-bond donors (Lipinski definition) is 0. The molecule has 116 valence electrons. The highest BCUT2D eigenvalue weighted by atomic mass is 32.2. The maximum Gasteiger partial charge on any atom is 0.587 e. The summed E-state index contributed by atoms with van der Waals surface area (Å²) in [5.41, 5.74) is 0. The molecule has 1 saturated heterocycles. The van der Waals surface area contributed by atoms with Crippen molar-refractivity contribution >= 4 is 19.6 Å². The van der Waals surface area contributed by atoms with E-state index in [-0.39, 0.29) is 6.10 Å². The van der Waals surface area contributed by atoms with E-state index in [0.29, 0.717) is 11.5 Å². The van der Waals surface area contributed by atoms with E-state index in [0.717, 1.165) is 17.9 Å². The van der Waals surface area contributed by atoms with Gasteiger partial charge >= 0.3 is 7.82 Å². The van der Waals surface area contributed by atoms with Crippen LogP contribution < -0.4 is 9.05 Å². The monoisotopic (exact) mass is 336 g/mol. The largest absolute Gasteiger partial charge is 0.587 e. The van der Waals surface area contributed by atoms with Crippen LogP contribution in [0.1, 0.15) is 6.42 Å². The summed E-state index contributed by atoms with van der Waals surface area (Å²) in [6.07, 6.45) is 0.744. The third-order valence-electron chi connectivity index (χ3n) is 3.09. The second-order valence-corrected chi connectivity index (χ2v) is 7.47. The van der Waals surface area contributed by atoms with E-state index in [1.807, 2.05) is 36.4 Å². The topological polar surface area (TPSA) is 44.8 Å². The Morgan fingerprint density at radius 3 is 1.91 bits per heavy atom. The van der Waals surface area contributed by atoms with E-state index in [4.69, 9.17) is 13.6 Å². The second-order valence-electron chi connectivity index (χ2n) is 4.85. The van der Waals surface area contributed by atoms with E-state index < -0.39 is 7.82 Å². The fourth-order valence-corrected chi connectivity index (χ4v) is 4.68. The maximum absolute atomic E-state index is 13.0.